The first-order chi connectivity index (χ1) is 8.13. The molecule has 94 valence electrons. The molecular weight excluding hydrogens is 218 g/mol. The predicted molar refractivity (Wildman–Crippen MR) is 64.0 cm³/mol. The molecule has 0 aromatic carbocycles. The van der Waals surface area contributed by atoms with E-state index in [0.29, 0.717) is 6.54 Å². The van der Waals surface area contributed by atoms with Crippen LogP contribution in [0.4, 0.5) is 0 Å². The number of hydrogen-bond donors (Lipinski definition) is 2. The maximum absolute atomic E-state index is 11.5. The lowest BCUT2D eigenvalue weighted by atomic mass is 10.2. The Labute approximate surface area is 102 Å². The summed E-state index contributed by atoms with van der Waals surface area (Å²) in [7, 11) is 0. The summed E-state index contributed by atoms with van der Waals surface area (Å²) in [5, 5.41) is 14.5. The third-order valence-electron chi connectivity index (χ3n) is 2.40. The summed E-state index contributed by atoms with van der Waals surface area (Å²) in [6.45, 7) is 5.15. The van der Waals surface area contributed by atoms with Crippen molar-refractivity contribution in [3.8, 4) is 6.07 Å². The molecule has 1 saturated heterocycles. The Balaban J connectivity index is 2.38. The van der Waals surface area contributed by atoms with Crippen molar-refractivity contribution in [2.45, 2.75) is 38.8 Å². The quantitative estimate of drug-likeness (QED) is 0.545. The monoisotopic (exact) mass is 237 g/mol. The van der Waals surface area contributed by atoms with Crippen molar-refractivity contribution in [1.29, 1.82) is 5.26 Å². The van der Waals surface area contributed by atoms with E-state index in [0.717, 1.165) is 19.4 Å². The molecule has 2 N–H and O–H groups in total. The lowest BCUT2D eigenvalue weighted by Gasteiger charge is -2.10. The summed E-state index contributed by atoms with van der Waals surface area (Å²) in [6.07, 6.45) is 3.76. The van der Waals surface area contributed by atoms with Crippen LogP contribution in [0.1, 0.15) is 26.7 Å². The summed E-state index contributed by atoms with van der Waals surface area (Å²) in [5.41, 5.74) is 0.0942. The fraction of sp³-hybridized carbons (Fsp3) is 0.667. The lowest BCUT2D eigenvalue weighted by Crippen LogP contribution is -2.32. The molecule has 1 heterocycles. The molecule has 0 radical (unpaired) electrons. The summed E-state index contributed by atoms with van der Waals surface area (Å²) in [4.78, 5) is 11.5. The first-order valence-corrected chi connectivity index (χ1v) is 5.89. The molecule has 1 fully saturated rings. The number of carbonyl (C=O) groups is 1. The van der Waals surface area contributed by atoms with E-state index in [1.807, 2.05) is 19.9 Å². The van der Waals surface area contributed by atoms with Crippen LogP contribution in [0, 0.1) is 11.3 Å². The van der Waals surface area contributed by atoms with E-state index in [1.165, 1.54) is 6.20 Å². The van der Waals surface area contributed by atoms with Gasteiger partial charge in [0.1, 0.15) is 11.6 Å². The van der Waals surface area contributed by atoms with Gasteiger partial charge in [0.25, 0.3) is 5.91 Å². The Kier molecular flexibility index (Phi) is 5.50. The fourth-order valence-electron chi connectivity index (χ4n) is 1.59. The maximum Gasteiger partial charge on any atom is 0.263 e. The Bertz CT molecular complexity index is 325. The second kappa shape index (κ2) is 6.92. The van der Waals surface area contributed by atoms with Gasteiger partial charge in [0.15, 0.2) is 0 Å². The van der Waals surface area contributed by atoms with Crippen LogP contribution in [-0.2, 0) is 9.53 Å². The number of amides is 1. The fourth-order valence-corrected chi connectivity index (χ4v) is 1.59. The van der Waals surface area contributed by atoms with Gasteiger partial charge in [0.05, 0.1) is 6.10 Å². The van der Waals surface area contributed by atoms with E-state index in [4.69, 9.17) is 10.00 Å². The average molecular weight is 237 g/mol. The van der Waals surface area contributed by atoms with Crippen LogP contribution in [0.3, 0.4) is 0 Å². The zero-order valence-electron chi connectivity index (χ0n) is 10.3. The van der Waals surface area contributed by atoms with Crippen molar-refractivity contribution in [3.05, 3.63) is 11.8 Å². The largest absolute Gasteiger partial charge is 0.387 e. The molecule has 1 amide bonds. The highest BCUT2D eigenvalue weighted by molar-refractivity contribution is 5.97. The van der Waals surface area contributed by atoms with E-state index in [9.17, 15) is 4.79 Å². The van der Waals surface area contributed by atoms with E-state index >= 15 is 0 Å². The van der Waals surface area contributed by atoms with Crippen molar-refractivity contribution >= 4 is 5.91 Å². The van der Waals surface area contributed by atoms with Crippen molar-refractivity contribution < 1.29 is 9.53 Å². The smallest absolute Gasteiger partial charge is 0.263 e. The highest BCUT2D eigenvalue weighted by Crippen LogP contribution is 2.10. The number of hydrogen-bond acceptors (Lipinski definition) is 4. The van der Waals surface area contributed by atoms with Gasteiger partial charge in [-0.05, 0) is 26.7 Å². The summed E-state index contributed by atoms with van der Waals surface area (Å²) < 4.78 is 5.42. The van der Waals surface area contributed by atoms with E-state index in [1.54, 1.807) is 0 Å². The third kappa shape index (κ3) is 4.87. The molecule has 0 spiro atoms. The van der Waals surface area contributed by atoms with Gasteiger partial charge in [-0.1, -0.05) is 0 Å². The third-order valence-corrected chi connectivity index (χ3v) is 2.40. The van der Waals surface area contributed by atoms with Gasteiger partial charge in [0.2, 0.25) is 0 Å². The molecule has 5 nitrogen and oxygen atoms in total. The molecule has 1 aliphatic heterocycles. The first kappa shape index (κ1) is 13.5. The van der Waals surface area contributed by atoms with Crippen LogP contribution in [0.5, 0.6) is 0 Å². The topological polar surface area (TPSA) is 74.2 Å². The zero-order chi connectivity index (χ0) is 12.7. The van der Waals surface area contributed by atoms with Gasteiger partial charge in [0, 0.05) is 25.4 Å². The zero-order valence-corrected chi connectivity index (χ0v) is 10.3. The molecule has 17 heavy (non-hydrogen) atoms. The standard InChI is InChI=1S/C12H19N3O2/c1-9(2)15-12(16)10(6-13)7-14-8-11-4-3-5-17-11/h7,9,11,14H,3-5,8H2,1-2H3,(H,15,16)/b10-7-. The molecule has 1 atom stereocenters. The Hall–Kier alpha value is -1.54. The first-order valence-electron chi connectivity index (χ1n) is 5.89. The van der Waals surface area contributed by atoms with E-state index < -0.39 is 0 Å². The highest BCUT2D eigenvalue weighted by Gasteiger charge is 2.15. The van der Waals surface area contributed by atoms with Gasteiger partial charge >= 0.3 is 0 Å². The number of nitrogens with one attached hydrogen (secondary N) is 2. The minimum atomic E-state index is -0.345. The Morgan fingerprint density at radius 2 is 2.41 bits per heavy atom. The van der Waals surface area contributed by atoms with Gasteiger partial charge < -0.3 is 15.4 Å². The lowest BCUT2D eigenvalue weighted by molar-refractivity contribution is -0.117. The van der Waals surface area contributed by atoms with Gasteiger partial charge in [-0.25, -0.2) is 0 Å². The van der Waals surface area contributed by atoms with Gasteiger partial charge in [-0.2, -0.15) is 5.26 Å². The van der Waals surface area contributed by atoms with Crippen LogP contribution >= 0.6 is 0 Å². The number of rotatable bonds is 5. The number of nitriles is 1. The number of carbonyl (C=O) groups excluding carboxylic acids is 1. The normalized spacial score (nSPS) is 20.1. The van der Waals surface area contributed by atoms with Crippen LogP contribution in [0.2, 0.25) is 0 Å². The minimum absolute atomic E-state index is 0.0254. The van der Waals surface area contributed by atoms with Gasteiger partial charge in [-0.3, -0.25) is 4.79 Å². The summed E-state index contributed by atoms with van der Waals surface area (Å²) >= 11 is 0. The molecule has 0 aromatic rings. The molecule has 0 bridgehead atoms. The molecule has 0 aliphatic carbocycles. The van der Waals surface area contributed by atoms with Crippen molar-refractivity contribution in [1.82, 2.24) is 10.6 Å². The van der Waals surface area contributed by atoms with Crippen molar-refractivity contribution in [3.63, 3.8) is 0 Å². The number of ether oxygens (including phenoxy) is 1. The molecule has 1 unspecified atom stereocenters. The predicted octanol–water partition coefficient (Wildman–Crippen LogP) is 0.687. The molecular formula is C12H19N3O2. The maximum atomic E-state index is 11.5. The van der Waals surface area contributed by atoms with Crippen molar-refractivity contribution in [2.24, 2.45) is 0 Å². The molecule has 1 rings (SSSR count). The Morgan fingerprint density at radius 1 is 1.65 bits per heavy atom. The minimum Gasteiger partial charge on any atom is -0.387 e. The molecule has 5 heteroatoms. The average Bonchev–Trinajstić information content (AvgIpc) is 2.76. The van der Waals surface area contributed by atoms with E-state index in [2.05, 4.69) is 10.6 Å². The molecule has 0 saturated carbocycles. The van der Waals surface area contributed by atoms with Gasteiger partial charge in [-0.15, -0.1) is 0 Å². The summed E-state index contributed by atoms with van der Waals surface area (Å²) in [5.74, 6) is -0.345. The number of nitrogens with zero attached hydrogens (tertiary/aromatic N) is 1. The highest BCUT2D eigenvalue weighted by atomic mass is 16.5. The molecule has 0 aromatic heterocycles. The second-order valence-electron chi connectivity index (χ2n) is 4.34. The summed E-state index contributed by atoms with van der Waals surface area (Å²) in [6, 6.07) is 1.90. The SMILES string of the molecule is CC(C)NC(=O)/C(C#N)=C\NCC1CCCO1. The Morgan fingerprint density at radius 3 is 2.94 bits per heavy atom. The van der Waals surface area contributed by atoms with Crippen LogP contribution < -0.4 is 10.6 Å². The molecule has 1 aliphatic rings. The van der Waals surface area contributed by atoms with E-state index in [-0.39, 0.29) is 23.6 Å². The van der Waals surface area contributed by atoms with Crippen LogP contribution in [0.25, 0.3) is 0 Å². The van der Waals surface area contributed by atoms with Crippen molar-refractivity contribution in [2.75, 3.05) is 13.2 Å². The van der Waals surface area contributed by atoms with Crippen LogP contribution in [0.15, 0.2) is 11.8 Å². The second-order valence-corrected chi connectivity index (χ2v) is 4.34. The van der Waals surface area contributed by atoms with Crippen LogP contribution in [-0.4, -0.2) is 31.2 Å².